The van der Waals surface area contributed by atoms with Crippen molar-refractivity contribution < 1.29 is 8.42 Å². The summed E-state index contributed by atoms with van der Waals surface area (Å²) in [5, 5.41) is 3.35. The van der Waals surface area contributed by atoms with Gasteiger partial charge in [0.2, 0.25) is 0 Å². The number of nitrogens with zero attached hydrogens (tertiary/aromatic N) is 2. The molecule has 5 nitrogen and oxygen atoms in total. The molecule has 0 bridgehead atoms. The van der Waals surface area contributed by atoms with Crippen molar-refractivity contribution in [2.45, 2.75) is 39.4 Å². The van der Waals surface area contributed by atoms with Crippen LogP contribution in [0.3, 0.4) is 0 Å². The number of hydrogen-bond acceptors (Lipinski definition) is 4. The molecule has 1 N–H and O–H groups in total. The van der Waals surface area contributed by atoms with Gasteiger partial charge in [-0.3, -0.25) is 0 Å². The highest BCUT2D eigenvalue weighted by Gasteiger charge is 2.28. The first-order valence-corrected chi connectivity index (χ1v) is 8.21. The topological polar surface area (TPSA) is 64.0 Å². The summed E-state index contributed by atoms with van der Waals surface area (Å²) in [5.74, 6) is 0.899. The molecule has 0 spiro atoms. The van der Waals surface area contributed by atoms with Crippen LogP contribution < -0.4 is 5.32 Å². The van der Waals surface area contributed by atoms with E-state index >= 15 is 0 Å². The van der Waals surface area contributed by atoms with E-state index in [2.05, 4.69) is 28.7 Å². The first kappa shape index (κ1) is 13.5. The lowest BCUT2D eigenvalue weighted by Crippen LogP contribution is -2.24. The summed E-state index contributed by atoms with van der Waals surface area (Å²) >= 11 is 0. The standard InChI is InChI=1S/C12H21N3O2S/c1-10(2)14-6-12-5-13-9-15(12)7-11-3-4-18(16,17)8-11/h5,9-11,14H,3-4,6-8H2,1-2H3. The normalized spacial score (nSPS) is 22.7. The second kappa shape index (κ2) is 5.40. The summed E-state index contributed by atoms with van der Waals surface area (Å²) in [6, 6.07) is 0.431. The molecule has 0 amide bonds. The van der Waals surface area contributed by atoms with Gasteiger partial charge in [0.1, 0.15) is 0 Å². The Bertz CT molecular complexity index is 493. The maximum absolute atomic E-state index is 11.4. The summed E-state index contributed by atoms with van der Waals surface area (Å²) in [6.45, 7) is 5.74. The van der Waals surface area contributed by atoms with Crippen LogP contribution >= 0.6 is 0 Å². The van der Waals surface area contributed by atoms with Crippen LogP contribution in [0.1, 0.15) is 26.0 Å². The lowest BCUT2D eigenvalue weighted by molar-refractivity contribution is 0.468. The number of nitrogens with one attached hydrogen (secondary N) is 1. The van der Waals surface area contributed by atoms with E-state index in [-0.39, 0.29) is 5.92 Å². The van der Waals surface area contributed by atoms with Crippen LogP contribution in [-0.2, 0) is 22.9 Å². The number of hydrogen-bond donors (Lipinski definition) is 1. The van der Waals surface area contributed by atoms with Gasteiger partial charge in [-0.1, -0.05) is 13.8 Å². The summed E-state index contributed by atoms with van der Waals surface area (Å²) < 4.78 is 24.9. The molecule has 0 radical (unpaired) electrons. The predicted octanol–water partition coefficient (Wildman–Crippen LogP) is 0.816. The van der Waals surface area contributed by atoms with Crippen LogP contribution in [0, 0.1) is 5.92 Å². The highest BCUT2D eigenvalue weighted by molar-refractivity contribution is 7.91. The Hall–Kier alpha value is -0.880. The summed E-state index contributed by atoms with van der Waals surface area (Å²) in [7, 11) is -2.79. The third-order valence-corrected chi connectivity index (χ3v) is 5.11. The Morgan fingerprint density at radius 1 is 1.56 bits per heavy atom. The van der Waals surface area contributed by atoms with Crippen LogP contribution in [0.2, 0.25) is 0 Å². The van der Waals surface area contributed by atoms with Crippen molar-refractivity contribution in [3.05, 3.63) is 18.2 Å². The third-order valence-electron chi connectivity index (χ3n) is 3.27. The molecular weight excluding hydrogens is 250 g/mol. The number of aromatic nitrogens is 2. The Morgan fingerprint density at radius 3 is 2.94 bits per heavy atom. The van der Waals surface area contributed by atoms with Gasteiger partial charge in [-0.2, -0.15) is 0 Å². The summed E-state index contributed by atoms with van der Waals surface area (Å²) in [4.78, 5) is 4.15. The lowest BCUT2D eigenvalue weighted by Gasteiger charge is -2.14. The molecule has 18 heavy (non-hydrogen) atoms. The third kappa shape index (κ3) is 3.55. The second-order valence-corrected chi connectivity index (χ2v) is 7.57. The average Bonchev–Trinajstić information content (AvgIpc) is 2.83. The zero-order chi connectivity index (χ0) is 13.2. The molecule has 1 saturated heterocycles. The molecule has 102 valence electrons. The van der Waals surface area contributed by atoms with E-state index in [1.165, 1.54) is 0 Å². The molecule has 0 aromatic carbocycles. The number of sulfone groups is 1. The molecule has 2 heterocycles. The molecule has 2 rings (SSSR count). The van der Waals surface area contributed by atoms with Crippen molar-refractivity contribution in [3.8, 4) is 0 Å². The van der Waals surface area contributed by atoms with Crippen LogP contribution in [-0.4, -0.2) is 35.5 Å². The fourth-order valence-corrected chi connectivity index (χ4v) is 4.11. The molecule has 0 saturated carbocycles. The van der Waals surface area contributed by atoms with E-state index in [0.29, 0.717) is 17.5 Å². The van der Waals surface area contributed by atoms with E-state index < -0.39 is 9.84 Å². The Labute approximate surface area is 109 Å². The predicted molar refractivity (Wildman–Crippen MR) is 71.0 cm³/mol. The van der Waals surface area contributed by atoms with Crippen molar-refractivity contribution in [2.24, 2.45) is 5.92 Å². The Balaban J connectivity index is 1.96. The quantitative estimate of drug-likeness (QED) is 0.861. The summed E-state index contributed by atoms with van der Waals surface area (Å²) in [6.07, 6.45) is 4.42. The number of rotatable bonds is 5. The van der Waals surface area contributed by atoms with Gasteiger partial charge in [-0.15, -0.1) is 0 Å². The average molecular weight is 271 g/mol. The van der Waals surface area contributed by atoms with E-state index in [1.54, 1.807) is 6.33 Å². The van der Waals surface area contributed by atoms with Gasteiger partial charge in [0.15, 0.2) is 9.84 Å². The van der Waals surface area contributed by atoms with Gasteiger partial charge in [0.25, 0.3) is 0 Å². The minimum atomic E-state index is -2.79. The van der Waals surface area contributed by atoms with Crippen LogP contribution in [0.5, 0.6) is 0 Å². The first-order valence-electron chi connectivity index (χ1n) is 6.39. The monoisotopic (exact) mass is 271 g/mol. The van der Waals surface area contributed by atoms with Crippen molar-refractivity contribution in [1.29, 1.82) is 0 Å². The Kier molecular flexibility index (Phi) is 4.07. The van der Waals surface area contributed by atoms with Gasteiger partial charge in [-0.25, -0.2) is 13.4 Å². The molecule has 1 aliphatic heterocycles. The second-order valence-electron chi connectivity index (χ2n) is 5.34. The van der Waals surface area contributed by atoms with E-state index in [1.807, 2.05) is 6.20 Å². The van der Waals surface area contributed by atoms with E-state index in [0.717, 1.165) is 25.2 Å². The smallest absolute Gasteiger partial charge is 0.150 e. The zero-order valence-electron chi connectivity index (χ0n) is 11.0. The van der Waals surface area contributed by atoms with Crippen molar-refractivity contribution in [3.63, 3.8) is 0 Å². The molecular formula is C12H21N3O2S. The van der Waals surface area contributed by atoms with Crippen LogP contribution in [0.15, 0.2) is 12.5 Å². The fourth-order valence-electron chi connectivity index (χ4n) is 2.26. The van der Waals surface area contributed by atoms with Crippen LogP contribution in [0.25, 0.3) is 0 Å². The van der Waals surface area contributed by atoms with Gasteiger partial charge in [-0.05, 0) is 12.3 Å². The minimum Gasteiger partial charge on any atom is -0.333 e. The van der Waals surface area contributed by atoms with Gasteiger partial charge in [0, 0.05) is 25.3 Å². The van der Waals surface area contributed by atoms with Crippen molar-refractivity contribution in [1.82, 2.24) is 14.9 Å². The zero-order valence-corrected chi connectivity index (χ0v) is 11.8. The lowest BCUT2D eigenvalue weighted by atomic mass is 10.1. The largest absolute Gasteiger partial charge is 0.333 e. The van der Waals surface area contributed by atoms with Crippen LogP contribution in [0.4, 0.5) is 0 Å². The highest BCUT2D eigenvalue weighted by atomic mass is 32.2. The molecule has 1 fully saturated rings. The van der Waals surface area contributed by atoms with E-state index in [9.17, 15) is 8.42 Å². The maximum Gasteiger partial charge on any atom is 0.150 e. The fraction of sp³-hybridized carbons (Fsp3) is 0.750. The molecule has 6 heteroatoms. The minimum absolute atomic E-state index is 0.238. The van der Waals surface area contributed by atoms with Gasteiger partial charge < -0.3 is 9.88 Å². The molecule has 1 unspecified atom stereocenters. The first-order chi connectivity index (χ1) is 8.46. The number of imidazole rings is 1. The van der Waals surface area contributed by atoms with Crippen molar-refractivity contribution in [2.75, 3.05) is 11.5 Å². The van der Waals surface area contributed by atoms with Crippen molar-refractivity contribution >= 4 is 9.84 Å². The van der Waals surface area contributed by atoms with Gasteiger partial charge in [0.05, 0.1) is 23.5 Å². The molecule has 0 aliphatic carbocycles. The molecule has 1 atom stereocenters. The molecule has 1 aromatic rings. The Morgan fingerprint density at radius 2 is 2.33 bits per heavy atom. The SMILES string of the molecule is CC(C)NCc1cncn1CC1CCS(=O)(=O)C1. The maximum atomic E-state index is 11.4. The summed E-state index contributed by atoms with van der Waals surface area (Å²) in [5.41, 5.74) is 1.12. The highest BCUT2D eigenvalue weighted by Crippen LogP contribution is 2.20. The molecule has 1 aromatic heterocycles. The van der Waals surface area contributed by atoms with E-state index in [4.69, 9.17) is 0 Å². The molecule has 1 aliphatic rings. The van der Waals surface area contributed by atoms with Gasteiger partial charge >= 0.3 is 0 Å².